The molecular formula is C19H14ClF2NO4. The van der Waals surface area contributed by atoms with Crippen LogP contribution in [-0.4, -0.2) is 27.4 Å². The number of fused-ring (bicyclic) bond motifs is 1. The number of benzene rings is 2. The first-order valence-electron chi connectivity index (χ1n) is 7.96. The van der Waals surface area contributed by atoms with Crippen LogP contribution in [-0.2, 0) is 13.0 Å². The molecule has 0 bridgehead atoms. The van der Waals surface area contributed by atoms with Crippen molar-refractivity contribution >= 4 is 28.5 Å². The number of pyridine rings is 1. The largest absolute Gasteiger partial charge is 0.477 e. The highest BCUT2D eigenvalue weighted by Crippen LogP contribution is 2.25. The van der Waals surface area contributed by atoms with Crippen LogP contribution in [0.15, 0.2) is 41.3 Å². The summed E-state index contributed by atoms with van der Waals surface area (Å²) in [5.74, 6) is -3.13. The fourth-order valence-corrected chi connectivity index (χ4v) is 3.11. The van der Waals surface area contributed by atoms with Crippen molar-refractivity contribution in [3.63, 3.8) is 0 Å². The van der Waals surface area contributed by atoms with Gasteiger partial charge < -0.3 is 14.8 Å². The molecule has 0 saturated carbocycles. The molecular weight excluding hydrogens is 380 g/mol. The third-order valence-electron chi connectivity index (χ3n) is 4.23. The summed E-state index contributed by atoms with van der Waals surface area (Å²) in [6, 6.07) is 7.02. The summed E-state index contributed by atoms with van der Waals surface area (Å²) in [5.41, 5.74) is 0.0146. The molecule has 0 saturated heterocycles. The lowest BCUT2D eigenvalue weighted by atomic mass is 10.0. The Morgan fingerprint density at radius 1 is 1.19 bits per heavy atom. The summed E-state index contributed by atoms with van der Waals surface area (Å²) in [7, 11) is 0. The van der Waals surface area contributed by atoms with Crippen molar-refractivity contribution in [1.29, 1.82) is 0 Å². The number of hydrogen-bond donors (Lipinski definition) is 2. The molecule has 27 heavy (non-hydrogen) atoms. The molecule has 0 aliphatic carbocycles. The molecule has 5 nitrogen and oxygen atoms in total. The van der Waals surface area contributed by atoms with Gasteiger partial charge in [0, 0.05) is 24.5 Å². The van der Waals surface area contributed by atoms with E-state index in [1.54, 1.807) is 12.1 Å². The Morgan fingerprint density at radius 2 is 1.93 bits per heavy atom. The number of aliphatic hydroxyl groups is 1. The SMILES string of the molecule is O=C(O)c1cn(CCO)c2ccc(Cc3ccc(F)c(Cl)c3F)cc2c1=O. The first-order chi connectivity index (χ1) is 12.8. The fraction of sp³-hybridized carbons (Fsp3) is 0.158. The highest BCUT2D eigenvalue weighted by Gasteiger charge is 2.16. The van der Waals surface area contributed by atoms with Gasteiger partial charge in [-0.1, -0.05) is 23.7 Å². The van der Waals surface area contributed by atoms with Crippen molar-refractivity contribution in [2.45, 2.75) is 13.0 Å². The Balaban J connectivity index is 2.14. The number of rotatable bonds is 5. The van der Waals surface area contributed by atoms with E-state index in [1.807, 2.05) is 0 Å². The molecule has 0 aliphatic heterocycles. The monoisotopic (exact) mass is 393 g/mol. The summed E-state index contributed by atoms with van der Waals surface area (Å²) >= 11 is 5.59. The summed E-state index contributed by atoms with van der Waals surface area (Å²) in [5, 5.41) is 17.9. The second kappa shape index (κ2) is 7.46. The molecule has 0 atom stereocenters. The Kier molecular flexibility index (Phi) is 5.25. The predicted molar refractivity (Wildman–Crippen MR) is 96.4 cm³/mol. The lowest BCUT2D eigenvalue weighted by molar-refractivity contribution is 0.0694. The minimum absolute atomic E-state index is 0.0402. The maximum atomic E-state index is 14.1. The average Bonchev–Trinajstić information content (AvgIpc) is 2.64. The molecule has 0 unspecified atom stereocenters. The number of aromatic carboxylic acids is 1. The Hall–Kier alpha value is -2.77. The van der Waals surface area contributed by atoms with E-state index in [4.69, 9.17) is 11.6 Å². The Bertz CT molecular complexity index is 1110. The van der Waals surface area contributed by atoms with Crippen molar-refractivity contribution in [1.82, 2.24) is 4.57 Å². The summed E-state index contributed by atoms with van der Waals surface area (Å²) < 4.78 is 28.9. The van der Waals surface area contributed by atoms with E-state index in [0.29, 0.717) is 11.1 Å². The van der Waals surface area contributed by atoms with Crippen molar-refractivity contribution in [3.05, 3.63) is 80.1 Å². The van der Waals surface area contributed by atoms with Gasteiger partial charge in [-0.05, 0) is 29.3 Å². The van der Waals surface area contributed by atoms with Crippen LogP contribution in [0.4, 0.5) is 8.78 Å². The maximum Gasteiger partial charge on any atom is 0.341 e. The highest BCUT2D eigenvalue weighted by atomic mass is 35.5. The molecule has 3 rings (SSSR count). The second-order valence-electron chi connectivity index (χ2n) is 5.96. The molecule has 0 spiro atoms. The second-order valence-corrected chi connectivity index (χ2v) is 6.33. The first-order valence-corrected chi connectivity index (χ1v) is 8.34. The van der Waals surface area contributed by atoms with E-state index in [0.717, 1.165) is 6.07 Å². The van der Waals surface area contributed by atoms with Gasteiger partial charge in [-0.3, -0.25) is 4.79 Å². The van der Waals surface area contributed by atoms with Gasteiger partial charge in [-0.15, -0.1) is 0 Å². The Labute approximate surface area is 157 Å². The Morgan fingerprint density at radius 3 is 2.59 bits per heavy atom. The zero-order valence-electron chi connectivity index (χ0n) is 13.9. The normalized spacial score (nSPS) is 11.1. The fourth-order valence-electron chi connectivity index (χ4n) is 2.92. The minimum Gasteiger partial charge on any atom is -0.477 e. The number of nitrogens with zero attached hydrogens (tertiary/aromatic N) is 1. The van der Waals surface area contributed by atoms with Crippen LogP contribution in [0.1, 0.15) is 21.5 Å². The summed E-state index contributed by atoms with van der Waals surface area (Å²) in [6.45, 7) is -0.128. The smallest absolute Gasteiger partial charge is 0.341 e. The number of carbonyl (C=O) groups is 1. The van der Waals surface area contributed by atoms with Gasteiger partial charge >= 0.3 is 5.97 Å². The molecule has 0 aliphatic rings. The van der Waals surface area contributed by atoms with E-state index in [9.17, 15) is 28.6 Å². The van der Waals surface area contributed by atoms with Crippen molar-refractivity contribution in [3.8, 4) is 0 Å². The van der Waals surface area contributed by atoms with Crippen LogP contribution >= 0.6 is 11.6 Å². The zero-order valence-corrected chi connectivity index (χ0v) is 14.6. The summed E-state index contributed by atoms with van der Waals surface area (Å²) in [6.07, 6.45) is 1.22. The quantitative estimate of drug-likeness (QED) is 0.652. The van der Waals surface area contributed by atoms with Crippen molar-refractivity contribution < 1.29 is 23.8 Å². The molecule has 2 aromatic carbocycles. The van der Waals surface area contributed by atoms with Gasteiger partial charge in [0.1, 0.15) is 22.2 Å². The van der Waals surface area contributed by atoms with Crippen LogP contribution in [0.25, 0.3) is 10.9 Å². The number of carboxylic acid groups (broad SMARTS) is 1. The third kappa shape index (κ3) is 3.56. The first kappa shape index (κ1) is 19.0. The van der Waals surface area contributed by atoms with E-state index in [2.05, 4.69) is 0 Å². The van der Waals surface area contributed by atoms with E-state index < -0.39 is 33.6 Å². The average molecular weight is 394 g/mol. The molecule has 0 radical (unpaired) electrons. The zero-order chi connectivity index (χ0) is 19.7. The number of hydrogen-bond acceptors (Lipinski definition) is 3. The van der Waals surface area contributed by atoms with Crippen molar-refractivity contribution in [2.75, 3.05) is 6.61 Å². The number of halogens is 3. The van der Waals surface area contributed by atoms with Crippen LogP contribution in [0.2, 0.25) is 5.02 Å². The molecule has 8 heteroatoms. The molecule has 0 fully saturated rings. The molecule has 140 valence electrons. The van der Waals surface area contributed by atoms with Crippen LogP contribution in [0.3, 0.4) is 0 Å². The van der Waals surface area contributed by atoms with Gasteiger partial charge in [-0.2, -0.15) is 0 Å². The van der Waals surface area contributed by atoms with E-state index in [-0.39, 0.29) is 30.5 Å². The lowest BCUT2D eigenvalue weighted by Gasteiger charge is -2.12. The number of aliphatic hydroxyl groups excluding tert-OH is 1. The predicted octanol–water partition coefficient (Wildman–Crippen LogP) is 3.21. The van der Waals surface area contributed by atoms with Gasteiger partial charge in [0.25, 0.3) is 0 Å². The van der Waals surface area contributed by atoms with Crippen LogP contribution in [0, 0.1) is 11.6 Å². The van der Waals surface area contributed by atoms with Gasteiger partial charge in [0.2, 0.25) is 5.43 Å². The molecule has 1 aromatic heterocycles. The maximum absolute atomic E-state index is 14.1. The standard InChI is InChI=1S/C19H14ClF2NO4/c20-16-14(21)3-2-11(17(16)22)7-10-1-4-15-12(8-10)18(25)13(19(26)27)9-23(15)5-6-24/h1-4,8-9,24H,5-7H2,(H,26,27). The molecule has 2 N–H and O–H groups in total. The number of aromatic nitrogens is 1. The number of carboxylic acids is 1. The minimum atomic E-state index is -1.38. The molecule has 3 aromatic rings. The topological polar surface area (TPSA) is 79.5 Å². The van der Waals surface area contributed by atoms with Crippen LogP contribution in [0.5, 0.6) is 0 Å². The lowest BCUT2D eigenvalue weighted by Crippen LogP contribution is -2.20. The van der Waals surface area contributed by atoms with Gasteiger partial charge in [0.05, 0.1) is 12.1 Å². The summed E-state index contributed by atoms with van der Waals surface area (Å²) in [4.78, 5) is 23.8. The highest BCUT2D eigenvalue weighted by molar-refractivity contribution is 6.30. The van der Waals surface area contributed by atoms with E-state index >= 15 is 0 Å². The molecule has 0 amide bonds. The van der Waals surface area contributed by atoms with Gasteiger partial charge in [0.15, 0.2) is 0 Å². The molecule has 1 heterocycles. The van der Waals surface area contributed by atoms with E-state index in [1.165, 1.54) is 22.9 Å². The third-order valence-corrected chi connectivity index (χ3v) is 4.57. The van der Waals surface area contributed by atoms with Crippen LogP contribution < -0.4 is 5.43 Å². The van der Waals surface area contributed by atoms with Gasteiger partial charge in [-0.25, -0.2) is 13.6 Å². The van der Waals surface area contributed by atoms with Crippen molar-refractivity contribution in [2.24, 2.45) is 0 Å².